The van der Waals surface area contributed by atoms with Crippen molar-refractivity contribution < 1.29 is 24.0 Å². The molecule has 0 fully saturated rings. The lowest BCUT2D eigenvalue weighted by Gasteiger charge is -2.19. The average molecular weight is 478 g/mol. The molecule has 9 heteroatoms. The van der Waals surface area contributed by atoms with Gasteiger partial charge in [0.05, 0.1) is 4.92 Å². The predicted molar refractivity (Wildman–Crippen MR) is 133 cm³/mol. The van der Waals surface area contributed by atoms with E-state index in [-0.39, 0.29) is 17.1 Å². The first-order chi connectivity index (χ1) is 16.9. The Bertz CT molecular complexity index is 1150. The Morgan fingerprint density at radius 2 is 1.29 bits per heavy atom. The fourth-order valence-electron chi connectivity index (χ4n) is 3.28. The number of nitro groups is 1. The lowest BCUT2D eigenvalue weighted by molar-refractivity contribution is -0.383. The van der Waals surface area contributed by atoms with Crippen LogP contribution in [0.2, 0.25) is 0 Å². The van der Waals surface area contributed by atoms with Crippen LogP contribution in [0, 0.1) is 10.1 Å². The first-order valence-electron chi connectivity index (χ1n) is 11.2. The third-order valence-corrected chi connectivity index (χ3v) is 5.09. The number of anilines is 2. The van der Waals surface area contributed by atoms with Crippen LogP contribution < -0.4 is 20.1 Å². The minimum absolute atomic E-state index is 0.0510. The van der Waals surface area contributed by atoms with Gasteiger partial charge in [-0.05, 0) is 49.2 Å². The zero-order chi connectivity index (χ0) is 25.2. The number of hydrogen-bond acceptors (Lipinski definition) is 6. The molecule has 0 spiro atoms. The number of nitrogens with zero attached hydrogens (tertiary/aromatic N) is 1. The topological polar surface area (TPSA) is 120 Å². The lowest BCUT2D eigenvalue weighted by atomic mass is 10.2. The van der Waals surface area contributed by atoms with Gasteiger partial charge in [-0.1, -0.05) is 50.2 Å². The first-order valence-corrected chi connectivity index (χ1v) is 11.2. The van der Waals surface area contributed by atoms with Gasteiger partial charge >= 0.3 is 0 Å². The van der Waals surface area contributed by atoms with Gasteiger partial charge in [-0.25, -0.2) is 0 Å². The highest BCUT2D eigenvalue weighted by Crippen LogP contribution is 2.29. The largest absolute Gasteiger partial charge is 0.481 e. The fourth-order valence-corrected chi connectivity index (χ4v) is 3.28. The van der Waals surface area contributed by atoms with Gasteiger partial charge in [0.2, 0.25) is 0 Å². The van der Waals surface area contributed by atoms with Crippen LogP contribution in [0.15, 0.2) is 78.9 Å². The Kier molecular flexibility index (Phi) is 8.77. The summed E-state index contributed by atoms with van der Waals surface area (Å²) in [6.45, 7) is 3.59. The molecule has 0 saturated carbocycles. The van der Waals surface area contributed by atoms with Crippen LogP contribution in [0.5, 0.6) is 11.5 Å². The highest BCUT2D eigenvalue weighted by Gasteiger charge is 2.24. The molecule has 2 unspecified atom stereocenters. The number of hydrogen-bond donors (Lipinski definition) is 2. The zero-order valence-corrected chi connectivity index (χ0v) is 19.5. The molecule has 0 aliphatic carbocycles. The van der Waals surface area contributed by atoms with E-state index in [9.17, 15) is 19.7 Å². The van der Waals surface area contributed by atoms with E-state index in [4.69, 9.17) is 9.47 Å². The van der Waals surface area contributed by atoms with Crippen molar-refractivity contribution in [3.8, 4) is 11.5 Å². The van der Waals surface area contributed by atoms with Gasteiger partial charge in [-0.3, -0.25) is 19.7 Å². The van der Waals surface area contributed by atoms with Crippen molar-refractivity contribution in [1.82, 2.24) is 0 Å². The van der Waals surface area contributed by atoms with Crippen LogP contribution in [-0.2, 0) is 9.59 Å². The van der Waals surface area contributed by atoms with E-state index >= 15 is 0 Å². The summed E-state index contributed by atoms with van der Waals surface area (Å²) in [5.41, 5.74) is -0.0773. The maximum absolute atomic E-state index is 12.8. The smallest absolute Gasteiger partial charge is 0.292 e. The van der Waals surface area contributed by atoms with Crippen LogP contribution in [0.1, 0.15) is 26.7 Å². The monoisotopic (exact) mass is 477 g/mol. The predicted octanol–water partition coefficient (Wildman–Crippen LogP) is 5.19. The van der Waals surface area contributed by atoms with Gasteiger partial charge in [0.25, 0.3) is 17.5 Å². The number of benzene rings is 3. The van der Waals surface area contributed by atoms with Gasteiger partial charge in [0.1, 0.15) is 17.2 Å². The van der Waals surface area contributed by atoms with E-state index in [2.05, 4.69) is 10.6 Å². The summed E-state index contributed by atoms with van der Waals surface area (Å²) >= 11 is 0. The van der Waals surface area contributed by atoms with Crippen molar-refractivity contribution in [3.63, 3.8) is 0 Å². The molecule has 0 aromatic heterocycles. The summed E-state index contributed by atoms with van der Waals surface area (Å²) in [4.78, 5) is 36.6. The molecular formula is C26H27N3O6. The SMILES string of the molecule is CCC(Oc1ccccc1)C(=O)Nc1ccc([N+](=O)[O-])c(NC(=O)C(CC)Oc2ccccc2)c1. The number of carbonyl (C=O) groups excluding carboxylic acids is 2. The summed E-state index contributed by atoms with van der Waals surface area (Å²) in [6.07, 6.45) is -0.875. The molecule has 0 aliphatic heterocycles. The summed E-state index contributed by atoms with van der Waals surface area (Å²) < 4.78 is 11.5. The summed E-state index contributed by atoms with van der Waals surface area (Å²) in [7, 11) is 0. The van der Waals surface area contributed by atoms with E-state index in [1.165, 1.54) is 18.2 Å². The van der Waals surface area contributed by atoms with E-state index in [1.54, 1.807) is 55.5 Å². The Balaban J connectivity index is 1.75. The van der Waals surface area contributed by atoms with Crippen LogP contribution in [-0.4, -0.2) is 28.9 Å². The van der Waals surface area contributed by atoms with Crippen molar-refractivity contribution >= 4 is 28.9 Å². The third-order valence-electron chi connectivity index (χ3n) is 5.09. The van der Waals surface area contributed by atoms with Crippen molar-refractivity contribution in [2.24, 2.45) is 0 Å². The Morgan fingerprint density at radius 3 is 1.74 bits per heavy atom. The van der Waals surface area contributed by atoms with E-state index < -0.39 is 28.9 Å². The molecule has 2 amide bonds. The number of nitro benzene ring substituents is 1. The second-order valence-electron chi connectivity index (χ2n) is 7.62. The molecule has 0 aliphatic rings. The number of carbonyl (C=O) groups is 2. The van der Waals surface area contributed by atoms with Crippen LogP contribution in [0.25, 0.3) is 0 Å². The summed E-state index contributed by atoms with van der Waals surface area (Å²) in [6, 6.07) is 21.7. The standard InChI is InChI=1S/C26H27N3O6/c1-3-23(34-19-11-7-5-8-12-19)25(30)27-18-15-16-22(29(32)33)21(17-18)28-26(31)24(4-2)35-20-13-9-6-10-14-20/h5-17,23-24H,3-4H2,1-2H3,(H,27,30)(H,28,31). The molecule has 2 atom stereocenters. The van der Waals surface area contributed by atoms with Crippen LogP contribution in [0.4, 0.5) is 17.1 Å². The highest BCUT2D eigenvalue weighted by molar-refractivity contribution is 5.99. The Hall–Kier alpha value is -4.40. The lowest BCUT2D eigenvalue weighted by Crippen LogP contribution is -2.33. The average Bonchev–Trinajstić information content (AvgIpc) is 2.86. The van der Waals surface area contributed by atoms with Crippen molar-refractivity contribution in [2.45, 2.75) is 38.9 Å². The minimum Gasteiger partial charge on any atom is -0.481 e. The number of rotatable bonds is 11. The summed E-state index contributed by atoms with van der Waals surface area (Å²) in [5, 5.41) is 16.8. The maximum atomic E-state index is 12.8. The molecule has 0 bridgehead atoms. The quantitative estimate of drug-likeness (QED) is 0.290. The van der Waals surface area contributed by atoms with E-state index in [1.807, 2.05) is 19.1 Å². The molecule has 0 saturated heterocycles. The molecule has 35 heavy (non-hydrogen) atoms. The van der Waals surface area contributed by atoms with Crippen molar-refractivity contribution in [2.75, 3.05) is 10.6 Å². The number of amides is 2. The second-order valence-corrected chi connectivity index (χ2v) is 7.62. The van der Waals surface area contributed by atoms with Gasteiger partial charge in [0, 0.05) is 11.8 Å². The highest BCUT2D eigenvalue weighted by atomic mass is 16.6. The van der Waals surface area contributed by atoms with E-state index in [0.717, 1.165) is 0 Å². The molecule has 3 rings (SSSR count). The van der Waals surface area contributed by atoms with Crippen molar-refractivity contribution in [1.29, 1.82) is 0 Å². The second kappa shape index (κ2) is 12.2. The zero-order valence-electron chi connectivity index (χ0n) is 19.5. The van der Waals surface area contributed by atoms with Gasteiger partial charge in [-0.2, -0.15) is 0 Å². The van der Waals surface area contributed by atoms with Crippen LogP contribution in [0.3, 0.4) is 0 Å². The summed E-state index contributed by atoms with van der Waals surface area (Å²) in [5.74, 6) is 0.104. The third kappa shape index (κ3) is 7.04. The van der Waals surface area contributed by atoms with E-state index in [0.29, 0.717) is 24.3 Å². The molecule has 3 aromatic rings. The minimum atomic E-state index is -0.862. The Morgan fingerprint density at radius 1 is 0.800 bits per heavy atom. The number of ether oxygens (including phenoxy) is 2. The molecule has 9 nitrogen and oxygen atoms in total. The molecule has 2 N–H and O–H groups in total. The van der Waals surface area contributed by atoms with Crippen molar-refractivity contribution in [3.05, 3.63) is 89.0 Å². The molecule has 0 radical (unpaired) electrons. The molecular weight excluding hydrogens is 450 g/mol. The molecule has 3 aromatic carbocycles. The Labute approximate surface area is 203 Å². The molecule has 182 valence electrons. The number of nitrogens with one attached hydrogen (secondary N) is 2. The normalized spacial score (nSPS) is 12.2. The number of para-hydroxylation sites is 2. The van der Waals surface area contributed by atoms with Gasteiger partial charge in [-0.15, -0.1) is 0 Å². The first kappa shape index (κ1) is 25.2. The van der Waals surface area contributed by atoms with Gasteiger partial charge < -0.3 is 20.1 Å². The van der Waals surface area contributed by atoms with Crippen LogP contribution >= 0.6 is 0 Å². The fraction of sp³-hybridized carbons (Fsp3) is 0.231. The maximum Gasteiger partial charge on any atom is 0.292 e. The molecule has 0 heterocycles. The van der Waals surface area contributed by atoms with Gasteiger partial charge in [0.15, 0.2) is 12.2 Å².